The van der Waals surface area contributed by atoms with Gasteiger partial charge in [0, 0.05) is 45.5 Å². The third kappa shape index (κ3) is 8.02. The number of aromatic nitrogens is 1. The highest BCUT2D eigenvalue weighted by Crippen LogP contribution is 2.12. The van der Waals surface area contributed by atoms with Crippen molar-refractivity contribution in [1.29, 1.82) is 0 Å². The van der Waals surface area contributed by atoms with Gasteiger partial charge in [0.25, 0.3) is 0 Å². The first-order valence-electron chi connectivity index (χ1n) is 8.40. The van der Waals surface area contributed by atoms with Crippen LogP contribution in [0.2, 0.25) is 0 Å². The van der Waals surface area contributed by atoms with Gasteiger partial charge in [-0.25, -0.2) is 0 Å². The maximum absolute atomic E-state index is 4.41. The molecular weight excluding hydrogens is 433 g/mol. The Morgan fingerprint density at radius 2 is 2.17 bits per heavy atom. The molecule has 1 saturated heterocycles. The zero-order valence-electron chi connectivity index (χ0n) is 14.7. The standard InChI is InChI=1S/C17H29N5S.HI/c1-18-17(20-10-5-13-23-2)21-15-7-11-22(12-8-15)14-16-6-3-4-9-19-16;/h3-4,6,9,15H,5,7-8,10-14H2,1-2H3,(H2,18,20,21);1H. The maximum Gasteiger partial charge on any atom is 0.191 e. The Hall–Kier alpha value is -0.540. The van der Waals surface area contributed by atoms with Crippen molar-refractivity contribution < 1.29 is 0 Å². The summed E-state index contributed by atoms with van der Waals surface area (Å²) in [6, 6.07) is 6.65. The van der Waals surface area contributed by atoms with Gasteiger partial charge in [0.2, 0.25) is 0 Å². The fraction of sp³-hybridized carbons (Fsp3) is 0.647. The zero-order chi connectivity index (χ0) is 16.3. The van der Waals surface area contributed by atoms with Crippen molar-refractivity contribution in [3.8, 4) is 0 Å². The second kappa shape index (κ2) is 12.8. The van der Waals surface area contributed by atoms with Crippen LogP contribution in [0, 0.1) is 0 Å². The molecule has 7 heteroatoms. The molecule has 0 spiro atoms. The van der Waals surface area contributed by atoms with Gasteiger partial charge in [0.05, 0.1) is 5.69 Å². The average Bonchev–Trinajstić information content (AvgIpc) is 2.60. The molecule has 0 atom stereocenters. The number of guanidine groups is 1. The molecule has 0 aliphatic carbocycles. The zero-order valence-corrected chi connectivity index (χ0v) is 17.8. The van der Waals surface area contributed by atoms with Crippen LogP contribution < -0.4 is 10.6 Å². The summed E-state index contributed by atoms with van der Waals surface area (Å²) < 4.78 is 0. The fourth-order valence-electron chi connectivity index (χ4n) is 2.77. The van der Waals surface area contributed by atoms with Crippen LogP contribution in [0.3, 0.4) is 0 Å². The van der Waals surface area contributed by atoms with Gasteiger partial charge in [0.1, 0.15) is 0 Å². The second-order valence-electron chi connectivity index (χ2n) is 5.86. The minimum Gasteiger partial charge on any atom is -0.356 e. The maximum atomic E-state index is 4.41. The van der Waals surface area contributed by atoms with Crippen LogP contribution in [0.25, 0.3) is 0 Å². The van der Waals surface area contributed by atoms with Crippen molar-refractivity contribution in [2.24, 2.45) is 4.99 Å². The van der Waals surface area contributed by atoms with E-state index in [4.69, 9.17) is 0 Å². The van der Waals surface area contributed by atoms with E-state index in [1.165, 1.54) is 12.2 Å². The molecule has 0 radical (unpaired) electrons. The highest BCUT2D eigenvalue weighted by molar-refractivity contribution is 14.0. The van der Waals surface area contributed by atoms with Crippen LogP contribution in [0.1, 0.15) is 25.0 Å². The van der Waals surface area contributed by atoms with Crippen LogP contribution in [-0.2, 0) is 6.54 Å². The highest BCUT2D eigenvalue weighted by atomic mass is 127. The molecule has 5 nitrogen and oxygen atoms in total. The van der Waals surface area contributed by atoms with Gasteiger partial charge in [-0.1, -0.05) is 6.07 Å². The van der Waals surface area contributed by atoms with Gasteiger partial charge < -0.3 is 10.6 Å². The van der Waals surface area contributed by atoms with E-state index < -0.39 is 0 Å². The number of piperidine rings is 1. The number of hydrogen-bond donors (Lipinski definition) is 2. The van der Waals surface area contributed by atoms with Gasteiger partial charge in [-0.3, -0.25) is 14.9 Å². The normalized spacial score (nSPS) is 16.5. The van der Waals surface area contributed by atoms with Crippen molar-refractivity contribution in [2.75, 3.05) is 38.7 Å². The Labute approximate surface area is 167 Å². The van der Waals surface area contributed by atoms with Gasteiger partial charge in [-0.2, -0.15) is 11.8 Å². The molecule has 0 amide bonds. The van der Waals surface area contributed by atoms with Crippen LogP contribution in [0.5, 0.6) is 0 Å². The smallest absolute Gasteiger partial charge is 0.191 e. The Bertz CT molecular complexity index is 463. The molecule has 2 heterocycles. The number of nitrogens with zero attached hydrogens (tertiary/aromatic N) is 3. The summed E-state index contributed by atoms with van der Waals surface area (Å²) in [5, 5.41) is 6.96. The monoisotopic (exact) mass is 463 g/mol. The summed E-state index contributed by atoms with van der Waals surface area (Å²) in [7, 11) is 1.85. The minimum absolute atomic E-state index is 0. The third-order valence-corrected chi connectivity index (χ3v) is 4.78. The molecule has 1 aromatic heterocycles. The van der Waals surface area contributed by atoms with E-state index in [-0.39, 0.29) is 24.0 Å². The first-order chi connectivity index (χ1) is 11.3. The van der Waals surface area contributed by atoms with Crippen molar-refractivity contribution in [2.45, 2.75) is 31.8 Å². The van der Waals surface area contributed by atoms with E-state index >= 15 is 0 Å². The van der Waals surface area contributed by atoms with Crippen molar-refractivity contribution in [3.63, 3.8) is 0 Å². The Kier molecular flexibility index (Phi) is 11.4. The topological polar surface area (TPSA) is 52.6 Å². The molecule has 136 valence electrons. The largest absolute Gasteiger partial charge is 0.356 e. The van der Waals surface area contributed by atoms with Gasteiger partial charge in [0.15, 0.2) is 5.96 Å². The van der Waals surface area contributed by atoms with Gasteiger partial charge >= 0.3 is 0 Å². The van der Waals surface area contributed by atoms with E-state index in [1.54, 1.807) is 0 Å². The Morgan fingerprint density at radius 1 is 1.38 bits per heavy atom. The number of aliphatic imine (C=N–C) groups is 1. The van der Waals surface area contributed by atoms with Gasteiger partial charge in [-0.15, -0.1) is 24.0 Å². The lowest BCUT2D eigenvalue weighted by molar-refractivity contribution is 0.196. The molecule has 2 N–H and O–H groups in total. The molecule has 1 aliphatic rings. The number of pyridine rings is 1. The summed E-state index contributed by atoms with van der Waals surface area (Å²) in [6.07, 6.45) is 7.49. The third-order valence-electron chi connectivity index (χ3n) is 4.08. The van der Waals surface area contributed by atoms with E-state index in [0.717, 1.165) is 50.7 Å². The summed E-state index contributed by atoms with van der Waals surface area (Å²) in [6.45, 7) is 4.16. The average molecular weight is 463 g/mol. The lowest BCUT2D eigenvalue weighted by Gasteiger charge is -2.32. The molecule has 0 saturated carbocycles. The van der Waals surface area contributed by atoms with Crippen LogP contribution in [0.15, 0.2) is 29.4 Å². The Morgan fingerprint density at radius 3 is 2.79 bits per heavy atom. The summed E-state index contributed by atoms with van der Waals surface area (Å²) in [4.78, 5) is 11.2. The van der Waals surface area contributed by atoms with Crippen molar-refractivity contribution in [1.82, 2.24) is 20.5 Å². The number of hydrogen-bond acceptors (Lipinski definition) is 4. The fourth-order valence-corrected chi connectivity index (χ4v) is 3.20. The second-order valence-corrected chi connectivity index (χ2v) is 6.85. The molecule has 24 heavy (non-hydrogen) atoms. The number of rotatable bonds is 7. The lowest BCUT2D eigenvalue weighted by Crippen LogP contribution is -2.48. The highest BCUT2D eigenvalue weighted by Gasteiger charge is 2.20. The van der Waals surface area contributed by atoms with Crippen LogP contribution in [-0.4, -0.2) is 60.6 Å². The SMILES string of the molecule is CN=C(NCCCSC)NC1CCN(Cc2ccccn2)CC1.I. The van der Waals surface area contributed by atoms with Crippen LogP contribution in [0.4, 0.5) is 0 Å². The number of likely N-dealkylation sites (tertiary alicyclic amines) is 1. The molecule has 2 rings (SSSR count). The first-order valence-corrected chi connectivity index (χ1v) is 9.79. The molecule has 0 bridgehead atoms. The number of halogens is 1. The van der Waals surface area contributed by atoms with Crippen molar-refractivity contribution in [3.05, 3.63) is 30.1 Å². The molecule has 1 aliphatic heterocycles. The number of nitrogens with one attached hydrogen (secondary N) is 2. The first kappa shape index (κ1) is 21.5. The van der Waals surface area contributed by atoms with E-state index in [1.807, 2.05) is 31.1 Å². The van der Waals surface area contributed by atoms with E-state index in [2.05, 4.69) is 43.9 Å². The minimum atomic E-state index is 0. The Balaban J connectivity index is 0.00000288. The predicted octanol–water partition coefficient (Wildman–Crippen LogP) is 2.58. The summed E-state index contributed by atoms with van der Waals surface area (Å²) >= 11 is 1.89. The molecule has 0 unspecified atom stereocenters. The van der Waals surface area contributed by atoms with E-state index in [9.17, 15) is 0 Å². The molecular formula is C17H30IN5S. The summed E-state index contributed by atoms with van der Waals surface area (Å²) in [5.41, 5.74) is 1.16. The van der Waals surface area contributed by atoms with Gasteiger partial charge in [-0.05, 0) is 43.4 Å². The number of thioether (sulfide) groups is 1. The predicted molar refractivity (Wildman–Crippen MR) is 115 cm³/mol. The summed E-state index contributed by atoms with van der Waals surface area (Å²) in [5.74, 6) is 2.13. The lowest BCUT2D eigenvalue weighted by atomic mass is 10.0. The van der Waals surface area contributed by atoms with Crippen molar-refractivity contribution >= 4 is 41.7 Å². The molecule has 1 fully saturated rings. The van der Waals surface area contributed by atoms with Crippen LogP contribution >= 0.6 is 35.7 Å². The van der Waals surface area contributed by atoms with E-state index in [0.29, 0.717) is 6.04 Å². The quantitative estimate of drug-likeness (QED) is 0.282. The molecule has 0 aromatic carbocycles. The molecule has 1 aromatic rings.